The first-order valence-electron chi connectivity index (χ1n) is 3.85. The van der Waals surface area contributed by atoms with E-state index in [9.17, 15) is 0 Å². The molecular formula is C9H8N2OS. The minimum atomic E-state index is 0.623. The van der Waals surface area contributed by atoms with Crippen molar-refractivity contribution in [2.45, 2.75) is 6.92 Å². The van der Waals surface area contributed by atoms with Gasteiger partial charge in [-0.1, -0.05) is 12.2 Å². The summed E-state index contributed by atoms with van der Waals surface area (Å²) >= 11 is 4.97. The molecule has 0 saturated heterocycles. The molecule has 2 aromatic heterocycles. The largest absolute Gasteiger partial charge is 0.472 e. The topological polar surface area (TPSA) is 41.8 Å². The highest BCUT2D eigenvalue weighted by Gasteiger charge is 2.03. The normalized spacial score (nSPS) is 10.2. The van der Waals surface area contributed by atoms with Crippen LogP contribution in [0.3, 0.4) is 0 Å². The van der Waals surface area contributed by atoms with E-state index >= 15 is 0 Å². The molecule has 0 spiro atoms. The molecule has 2 aromatic rings. The van der Waals surface area contributed by atoms with Crippen LogP contribution >= 0.6 is 12.2 Å². The second-order valence-corrected chi connectivity index (χ2v) is 3.24. The summed E-state index contributed by atoms with van der Waals surface area (Å²) in [7, 11) is 0. The van der Waals surface area contributed by atoms with Crippen molar-refractivity contribution >= 4 is 12.2 Å². The number of aromatic nitrogens is 2. The molecule has 2 heterocycles. The molecule has 0 aliphatic carbocycles. The maximum absolute atomic E-state index is 5.07. The standard InChI is InChI=1S/C9H8N2OS/c1-6-4-12-5-8(6)7-2-9(13)11-10-3-7/h2-5H,1H3,(H,11,13). The van der Waals surface area contributed by atoms with Crippen LogP contribution in [-0.4, -0.2) is 10.2 Å². The van der Waals surface area contributed by atoms with Gasteiger partial charge in [0.1, 0.15) is 4.64 Å². The summed E-state index contributed by atoms with van der Waals surface area (Å²) in [5, 5.41) is 6.60. The highest BCUT2D eigenvalue weighted by atomic mass is 32.1. The summed E-state index contributed by atoms with van der Waals surface area (Å²) < 4.78 is 5.69. The molecule has 0 radical (unpaired) electrons. The van der Waals surface area contributed by atoms with E-state index < -0.39 is 0 Å². The number of nitrogens with one attached hydrogen (secondary N) is 1. The van der Waals surface area contributed by atoms with Gasteiger partial charge >= 0.3 is 0 Å². The summed E-state index contributed by atoms with van der Waals surface area (Å²) in [6.07, 6.45) is 5.13. The first-order valence-corrected chi connectivity index (χ1v) is 4.26. The van der Waals surface area contributed by atoms with Gasteiger partial charge in [-0.05, 0) is 18.6 Å². The van der Waals surface area contributed by atoms with Crippen LogP contribution in [0.2, 0.25) is 0 Å². The number of hydrogen-bond acceptors (Lipinski definition) is 3. The van der Waals surface area contributed by atoms with Crippen LogP contribution in [0.25, 0.3) is 11.1 Å². The Morgan fingerprint density at radius 3 is 2.92 bits per heavy atom. The number of furan rings is 1. The summed E-state index contributed by atoms with van der Waals surface area (Å²) in [5.74, 6) is 0. The zero-order valence-corrected chi connectivity index (χ0v) is 7.89. The fourth-order valence-electron chi connectivity index (χ4n) is 1.18. The zero-order valence-electron chi connectivity index (χ0n) is 7.07. The minimum Gasteiger partial charge on any atom is -0.472 e. The predicted molar refractivity (Wildman–Crippen MR) is 51.9 cm³/mol. The molecule has 0 fully saturated rings. The van der Waals surface area contributed by atoms with Crippen molar-refractivity contribution in [3.8, 4) is 11.1 Å². The molecule has 0 aromatic carbocycles. The highest BCUT2D eigenvalue weighted by Crippen LogP contribution is 2.22. The molecule has 0 aliphatic heterocycles. The average Bonchev–Trinajstić information content (AvgIpc) is 2.51. The minimum absolute atomic E-state index is 0.623. The van der Waals surface area contributed by atoms with Crippen molar-refractivity contribution in [3.63, 3.8) is 0 Å². The van der Waals surface area contributed by atoms with Crippen LogP contribution in [0.5, 0.6) is 0 Å². The molecule has 0 bridgehead atoms. The fourth-order valence-corrected chi connectivity index (χ4v) is 1.36. The van der Waals surface area contributed by atoms with Crippen molar-refractivity contribution in [1.29, 1.82) is 0 Å². The number of aromatic amines is 1. The van der Waals surface area contributed by atoms with Crippen LogP contribution in [0.1, 0.15) is 5.56 Å². The molecule has 66 valence electrons. The van der Waals surface area contributed by atoms with Gasteiger partial charge in [0.05, 0.1) is 18.7 Å². The summed E-state index contributed by atoms with van der Waals surface area (Å²) in [6, 6.07) is 1.86. The first kappa shape index (κ1) is 8.19. The van der Waals surface area contributed by atoms with Crippen molar-refractivity contribution in [2.24, 2.45) is 0 Å². The summed E-state index contributed by atoms with van der Waals surface area (Å²) in [6.45, 7) is 1.98. The van der Waals surface area contributed by atoms with Gasteiger partial charge in [0.2, 0.25) is 0 Å². The van der Waals surface area contributed by atoms with E-state index in [1.54, 1.807) is 18.7 Å². The Hall–Kier alpha value is -1.42. The van der Waals surface area contributed by atoms with Gasteiger partial charge < -0.3 is 4.42 Å². The lowest BCUT2D eigenvalue weighted by Crippen LogP contribution is -1.83. The third-order valence-electron chi connectivity index (χ3n) is 1.83. The number of aryl methyl sites for hydroxylation is 1. The van der Waals surface area contributed by atoms with E-state index in [0.29, 0.717) is 4.64 Å². The Morgan fingerprint density at radius 2 is 2.31 bits per heavy atom. The average molecular weight is 192 g/mol. The third-order valence-corrected chi connectivity index (χ3v) is 2.04. The molecule has 0 unspecified atom stereocenters. The van der Waals surface area contributed by atoms with E-state index in [1.807, 2.05) is 13.0 Å². The van der Waals surface area contributed by atoms with Gasteiger partial charge in [-0.15, -0.1) is 0 Å². The van der Waals surface area contributed by atoms with Crippen LogP contribution in [0.4, 0.5) is 0 Å². The molecule has 0 atom stereocenters. The van der Waals surface area contributed by atoms with Gasteiger partial charge in [-0.3, -0.25) is 5.10 Å². The Labute approximate surface area is 80.4 Å². The van der Waals surface area contributed by atoms with E-state index in [-0.39, 0.29) is 0 Å². The van der Waals surface area contributed by atoms with E-state index in [1.165, 1.54) is 0 Å². The first-order chi connectivity index (χ1) is 6.27. The van der Waals surface area contributed by atoms with Crippen molar-refractivity contribution in [3.05, 3.63) is 35.0 Å². The number of nitrogens with zero attached hydrogens (tertiary/aromatic N) is 1. The molecule has 0 amide bonds. The SMILES string of the molecule is Cc1cocc1-c1cn[nH]c(=S)c1. The van der Waals surface area contributed by atoms with E-state index in [2.05, 4.69) is 10.2 Å². The third kappa shape index (κ3) is 1.53. The summed E-state index contributed by atoms with van der Waals surface area (Å²) in [4.78, 5) is 0. The lowest BCUT2D eigenvalue weighted by Gasteiger charge is -1.96. The van der Waals surface area contributed by atoms with Crippen molar-refractivity contribution < 1.29 is 4.42 Å². The molecule has 0 aliphatic rings. The van der Waals surface area contributed by atoms with Gasteiger partial charge in [0, 0.05) is 11.1 Å². The maximum atomic E-state index is 5.07. The van der Waals surface area contributed by atoms with E-state index in [0.717, 1.165) is 16.7 Å². The van der Waals surface area contributed by atoms with Crippen molar-refractivity contribution in [1.82, 2.24) is 10.2 Å². The Morgan fingerprint density at radius 1 is 1.46 bits per heavy atom. The Kier molecular flexibility index (Phi) is 1.98. The second-order valence-electron chi connectivity index (χ2n) is 2.80. The molecule has 2 rings (SSSR count). The monoisotopic (exact) mass is 192 g/mol. The van der Waals surface area contributed by atoms with Gasteiger partial charge in [0.15, 0.2) is 0 Å². The van der Waals surface area contributed by atoms with Crippen LogP contribution in [0, 0.1) is 11.6 Å². The molecule has 1 N–H and O–H groups in total. The van der Waals surface area contributed by atoms with Gasteiger partial charge in [0.25, 0.3) is 0 Å². The molecule has 13 heavy (non-hydrogen) atoms. The zero-order chi connectivity index (χ0) is 9.26. The second kappa shape index (κ2) is 3.14. The lowest BCUT2D eigenvalue weighted by atomic mass is 10.1. The molecular weight excluding hydrogens is 184 g/mol. The quantitative estimate of drug-likeness (QED) is 0.706. The van der Waals surface area contributed by atoms with Crippen LogP contribution in [-0.2, 0) is 0 Å². The fraction of sp³-hybridized carbons (Fsp3) is 0.111. The lowest BCUT2D eigenvalue weighted by molar-refractivity contribution is 0.566. The summed E-state index contributed by atoms with van der Waals surface area (Å²) in [5.41, 5.74) is 3.10. The van der Waals surface area contributed by atoms with Gasteiger partial charge in [-0.2, -0.15) is 5.10 Å². The molecule has 0 saturated carbocycles. The maximum Gasteiger partial charge on any atom is 0.120 e. The Balaban J connectivity index is 2.59. The number of H-pyrrole nitrogens is 1. The van der Waals surface area contributed by atoms with Gasteiger partial charge in [-0.25, -0.2) is 0 Å². The highest BCUT2D eigenvalue weighted by molar-refractivity contribution is 7.71. The predicted octanol–water partition coefficient (Wildman–Crippen LogP) is 2.71. The number of hydrogen-bond donors (Lipinski definition) is 1. The van der Waals surface area contributed by atoms with Crippen molar-refractivity contribution in [2.75, 3.05) is 0 Å². The van der Waals surface area contributed by atoms with Crippen LogP contribution in [0.15, 0.2) is 29.2 Å². The Bertz CT molecular complexity index is 472. The molecule has 4 heteroatoms. The smallest absolute Gasteiger partial charge is 0.120 e. The number of rotatable bonds is 1. The van der Waals surface area contributed by atoms with Crippen LogP contribution < -0.4 is 0 Å². The van der Waals surface area contributed by atoms with E-state index in [4.69, 9.17) is 16.6 Å². The molecule has 3 nitrogen and oxygen atoms in total.